The number of carboxylic acid groups (broad SMARTS) is 1. The Balaban J connectivity index is -0.0000000420. The smallest absolute Gasteiger partial charge is 0.507 e. The van der Waals surface area contributed by atoms with Crippen molar-refractivity contribution in [3.63, 3.8) is 0 Å². The number of aliphatic carboxylic acids is 1. The first-order valence-electron chi connectivity index (χ1n) is 4.09. The summed E-state index contributed by atoms with van der Waals surface area (Å²) >= 11 is 0. The summed E-state index contributed by atoms with van der Waals surface area (Å²) < 4.78 is 11.9. The molecule has 9 heteroatoms. The maximum Gasteiger partial charge on any atom is 0.507 e. The summed E-state index contributed by atoms with van der Waals surface area (Å²) in [5.41, 5.74) is 0. The van der Waals surface area contributed by atoms with E-state index in [2.05, 4.69) is 14.2 Å². The summed E-state index contributed by atoms with van der Waals surface area (Å²) in [6, 6.07) is 0. The standard InChI is InChI=1S/C3H6O3.2C2H4O2.CH4O.CH3O/c1-5-3(4)6-2;1-4-2-3;1-2(3)4;2*1-2/h1-2H3;2H,1H3;1H3,(H,3,4);2H,1H3;1H3/q;;;;-1. The maximum atomic E-state index is 9.74. The number of carbonyl (C=O) groups excluding carboxylic acids is 2. The van der Waals surface area contributed by atoms with Crippen molar-refractivity contribution in [2.24, 2.45) is 0 Å². The molecular formula is C9H21O9-. The van der Waals surface area contributed by atoms with Gasteiger partial charge in [0.15, 0.2) is 0 Å². The quantitative estimate of drug-likeness (QED) is 0.447. The van der Waals surface area contributed by atoms with Gasteiger partial charge in [0.25, 0.3) is 12.4 Å². The van der Waals surface area contributed by atoms with Gasteiger partial charge >= 0.3 is 6.16 Å². The van der Waals surface area contributed by atoms with E-state index in [1.807, 2.05) is 0 Å². The predicted octanol–water partition coefficient (Wildman–Crippen LogP) is -1.14. The van der Waals surface area contributed by atoms with Crippen molar-refractivity contribution in [3.8, 4) is 0 Å². The maximum absolute atomic E-state index is 9.74. The van der Waals surface area contributed by atoms with Crippen LogP contribution in [0, 0.1) is 0 Å². The number of carbonyl (C=O) groups is 3. The molecule has 0 spiro atoms. The van der Waals surface area contributed by atoms with Gasteiger partial charge in [-0.15, -0.1) is 0 Å². The molecule has 112 valence electrons. The molecule has 9 nitrogen and oxygen atoms in total. The fraction of sp³-hybridized carbons (Fsp3) is 0.667. The van der Waals surface area contributed by atoms with Crippen LogP contribution in [0.25, 0.3) is 0 Å². The minimum atomic E-state index is -0.833. The second-order valence-electron chi connectivity index (χ2n) is 1.51. The Labute approximate surface area is 106 Å². The van der Waals surface area contributed by atoms with Crippen molar-refractivity contribution in [2.45, 2.75) is 6.92 Å². The Bertz CT molecular complexity index is 148. The lowest BCUT2D eigenvalue weighted by Crippen LogP contribution is -1.97. The molecule has 0 aromatic heterocycles. The van der Waals surface area contributed by atoms with Crippen molar-refractivity contribution < 1.29 is 43.9 Å². The lowest BCUT2D eigenvalue weighted by molar-refractivity contribution is -0.325. The first kappa shape index (κ1) is 29.8. The van der Waals surface area contributed by atoms with Gasteiger partial charge in [-0.3, -0.25) is 9.59 Å². The van der Waals surface area contributed by atoms with Crippen LogP contribution in [0.5, 0.6) is 0 Å². The average molecular weight is 273 g/mol. The van der Waals surface area contributed by atoms with Gasteiger partial charge in [0.2, 0.25) is 0 Å². The number of ether oxygens (including phenoxy) is 3. The molecule has 0 atom stereocenters. The van der Waals surface area contributed by atoms with Crippen molar-refractivity contribution >= 4 is 18.6 Å². The zero-order valence-electron chi connectivity index (χ0n) is 11.3. The summed E-state index contributed by atoms with van der Waals surface area (Å²) in [7, 11) is 5.57. The van der Waals surface area contributed by atoms with Crippen LogP contribution in [0.3, 0.4) is 0 Å². The summed E-state index contributed by atoms with van der Waals surface area (Å²) in [5.74, 6) is -0.833. The normalized spacial score (nSPS) is 5.56. The Morgan fingerprint density at radius 3 is 1.22 bits per heavy atom. The molecule has 0 aromatic rings. The van der Waals surface area contributed by atoms with Crippen LogP contribution in [0.15, 0.2) is 0 Å². The molecule has 0 saturated heterocycles. The van der Waals surface area contributed by atoms with E-state index in [-0.39, 0.29) is 0 Å². The van der Waals surface area contributed by atoms with Crippen molar-refractivity contribution in [2.75, 3.05) is 35.5 Å². The van der Waals surface area contributed by atoms with Crippen LogP contribution in [0.2, 0.25) is 0 Å². The number of aliphatic hydroxyl groups excluding tert-OH is 1. The molecule has 0 aromatic carbocycles. The van der Waals surface area contributed by atoms with Gasteiger partial charge < -0.3 is 29.5 Å². The fourth-order valence-electron chi connectivity index (χ4n) is 0.0833. The van der Waals surface area contributed by atoms with Gasteiger partial charge in [-0.1, -0.05) is 0 Å². The number of rotatable bonds is 1. The molecule has 0 rings (SSSR count). The second-order valence-corrected chi connectivity index (χ2v) is 1.51. The van der Waals surface area contributed by atoms with Crippen molar-refractivity contribution in [3.05, 3.63) is 0 Å². The van der Waals surface area contributed by atoms with Crippen LogP contribution in [0.1, 0.15) is 6.92 Å². The van der Waals surface area contributed by atoms with E-state index < -0.39 is 12.1 Å². The average Bonchev–Trinajstić information content (AvgIpc) is 2.42. The number of hydrogen-bond donors (Lipinski definition) is 2. The van der Waals surface area contributed by atoms with Crippen LogP contribution in [0.4, 0.5) is 4.79 Å². The molecule has 18 heavy (non-hydrogen) atoms. The Kier molecular flexibility index (Phi) is 75.7. The minimum Gasteiger partial charge on any atom is -0.857 e. The third-order valence-corrected chi connectivity index (χ3v) is 0.430. The van der Waals surface area contributed by atoms with Gasteiger partial charge in [-0.05, 0) is 0 Å². The van der Waals surface area contributed by atoms with Gasteiger partial charge in [0, 0.05) is 14.0 Å². The summed E-state index contributed by atoms with van der Waals surface area (Å²) in [6.07, 6.45) is -0.657. The molecule has 0 aliphatic heterocycles. The minimum absolute atomic E-state index is 0.375. The topological polar surface area (TPSA) is 142 Å². The van der Waals surface area contributed by atoms with E-state index in [4.69, 9.17) is 24.9 Å². The SMILES string of the molecule is CC(=O)O.CO.COC(=O)OC.COC=O.C[O-]. The van der Waals surface area contributed by atoms with Crippen molar-refractivity contribution in [1.29, 1.82) is 0 Å². The highest BCUT2D eigenvalue weighted by Gasteiger charge is 1.88. The molecule has 0 radical (unpaired) electrons. The number of aliphatic hydroxyl groups is 1. The lowest BCUT2D eigenvalue weighted by Gasteiger charge is -1.89. The Morgan fingerprint density at radius 2 is 1.22 bits per heavy atom. The number of hydrogen-bond acceptors (Lipinski definition) is 8. The van der Waals surface area contributed by atoms with E-state index in [0.717, 1.165) is 21.1 Å². The zero-order valence-corrected chi connectivity index (χ0v) is 11.3. The number of carboxylic acids is 1. The van der Waals surface area contributed by atoms with Crippen LogP contribution < -0.4 is 5.11 Å². The molecule has 0 saturated carbocycles. The van der Waals surface area contributed by atoms with E-state index in [0.29, 0.717) is 6.47 Å². The highest BCUT2D eigenvalue weighted by molar-refractivity contribution is 5.62. The highest BCUT2D eigenvalue weighted by atomic mass is 16.7. The fourth-order valence-corrected chi connectivity index (χ4v) is 0.0833. The summed E-state index contributed by atoms with van der Waals surface area (Å²) in [6.45, 7) is 1.46. The number of methoxy groups -OCH3 is 3. The van der Waals surface area contributed by atoms with Crippen molar-refractivity contribution in [1.82, 2.24) is 0 Å². The molecule has 0 bridgehead atoms. The zero-order chi connectivity index (χ0) is 16.0. The van der Waals surface area contributed by atoms with Gasteiger partial charge in [0.05, 0.1) is 21.3 Å². The Morgan fingerprint density at radius 1 is 1.06 bits per heavy atom. The molecule has 2 N–H and O–H groups in total. The molecule has 0 unspecified atom stereocenters. The first-order valence-corrected chi connectivity index (χ1v) is 4.09. The lowest BCUT2D eigenvalue weighted by atomic mass is 10.9. The first-order chi connectivity index (χ1) is 8.45. The van der Waals surface area contributed by atoms with Crippen LogP contribution >= 0.6 is 0 Å². The molecule has 0 fully saturated rings. The molecule has 0 aliphatic carbocycles. The van der Waals surface area contributed by atoms with E-state index in [1.165, 1.54) is 21.3 Å². The van der Waals surface area contributed by atoms with Gasteiger partial charge in [-0.25, -0.2) is 4.79 Å². The predicted molar refractivity (Wildman–Crippen MR) is 59.9 cm³/mol. The Hall–Kier alpha value is -1.87. The third kappa shape index (κ3) is 249. The van der Waals surface area contributed by atoms with Gasteiger partial charge in [0.1, 0.15) is 0 Å². The largest absolute Gasteiger partial charge is 0.857 e. The molecular weight excluding hydrogens is 252 g/mol. The summed E-state index contributed by atoms with van der Waals surface area (Å²) in [4.78, 5) is 27.7. The summed E-state index contributed by atoms with van der Waals surface area (Å²) in [5, 5.41) is 22.7. The molecule has 0 aliphatic rings. The van der Waals surface area contributed by atoms with E-state index in [1.54, 1.807) is 0 Å². The molecule has 0 heterocycles. The van der Waals surface area contributed by atoms with Gasteiger partial charge in [-0.2, -0.15) is 7.11 Å². The van der Waals surface area contributed by atoms with E-state index in [9.17, 15) is 4.79 Å². The second kappa shape index (κ2) is 45.7. The van der Waals surface area contributed by atoms with Crippen LogP contribution in [-0.2, 0) is 23.8 Å². The van der Waals surface area contributed by atoms with Crippen LogP contribution in [-0.4, -0.2) is 64.4 Å². The van der Waals surface area contributed by atoms with E-state index >= 15 is 0 Å². The highest BCUT2D eigenvalue weighted by Crippen LogP contribution is 1.72. The molecule has 0 amide bonds. The third-order valence-electron chi connectivity index (χ3n) is 0.430. The monoisotopic (exact) mass is 273 g/mol.